The van der Waals surface area contributed by atoms with Gasteiger partial charge in [-0.15, -0.1) is 24.0 Å². The van der Waals surface area contributed by atoms with Gasteiger partial charge in [-0.25, -0.2) is 4.39 Å². The molecule has 0 amide bonds. The molecule has 2 rings (SSSR count). The number of nitrogens with one attached hydrogen (secondary N) is 2. The molecule has 0 aromatic heterocycles. The van der Waals surface area contributed by atoms with Crippen LogP contribution in [0.25, 0.3) is 0 Å². The summed E-state index contributed by atoms with van der Waals surface area (Å²) in [5, 5.41) is 6.93. The van der Waals surface area contributed by atoms with Gasteiger partial charge in [0.15, 0.2) is 5.96 Å². The standard InChI is InChI=1S/C21H36FN5.HI/c1-5-23-21(25-18-11-15-27(16-12-18)17(2)3)24-13-8-14-26(4)20-10-7-6-9-19(20)22;/h6-7,9-10,17-18H,5,8,11-16H2,1-4H3,(H2,23,24,25);1H. The summed E-state index contributed by atoms with van der Waals surface area (Å²) in [7, 11) is 1.92. The predicted molar refractivity (Wildman–Crippen MR) is 129 cm³/mol. The molecule has 160 valence electrons. The summed E-state index contributed by atoms with van der Waals surface area (Å²) in [5.41, 5.74) is 0.642. The molecule has 1 saturated heterocycles. The van der Waals surface area contributed by atoms with Crippen LogP contribution >= 0.6 is 24.0 Å². The van der Waals surface area contributed by atoms with Crippen molar-refractivity contribution in [1.29, 1.82) is 0 Å². The zero-order valence-corrected chi connectivity index (χ0v) is 20.1. The summed E-state index contributed by atoms with van der Waals surface area (Å²) in [6.07, 6.45) is 3.18. The smallest absolute Gasteiger partial charge is 0.191 e. The largest absolute Gasteiger partial charge is 0.372 e. The molecule has 1 aliphatic heterocycles. The third kappa shape index (κ3) is 8.11. The first kappa shape index (κ1) is 24.9. The van der Waals surface area contributed by atoms with Crippen LogP contribution in [-0.2, 0) is 0 Å². The lowest BCUT2D eigenvalue weighted by Crippen LogP contribution is -2.49. The minimum absolute atomic E-state index is 0. The van der Waals surface area contributed by atoms with Gasteiger partial charge in [-0.05, 0) is 52.2 Å². The quantitative estimate of drug-likeness (QED) is 0.245. The minimum Gasteiger partial charge on any atom is -0.372 e. The number of piperidine rings is 1. The fourth-order valence-electron chi connectivity index (χ4n) is 3.45. The van der Waals surface area contributed by atoms with Crippen molar-refractivity contribution in [3.05, 3.63) is 30.1 Å². The maximum Gasteiger partial charge on any atom is 0.191 e. The molecule has 2 N–H and O–H groups in total. The highest BCUT2D eigenvalue weighted by atomic mass is 127. The van der Waals surface area contributed by atoms with E-state index < -0.39 is 0 Å². The number of hydrogen-bond acceptors (Lipinski definition) is 3. The number of benzene rings is 1. The third-order valence-electron chi connectivity index (χ3n) is 5.13. The third-order valence-corrected chi connectivity index (χ3v) is 5.13. The summed E-state index contributed by atoms with van der Waals surface area (Å²) in [6.45, 7) is 11.2. The lowest BCUT2D eigenvalue weighted by atomic mass is 10.0. The second kappa shape index (κ2) is 13.2. The lowest BCUT2D eigenvalue weighted by molar-refractivity contribution is 0.167. The Hall–Kier alpha value is -1.09. The van der Waals surface area contributed by atoms with Crippen LogP contribution in [0.5, 0.6) is 0 Å². The van der Waals surface area contributed by atoms with Crippen molar-refractivity contribution >= 4 is 35.6 Å². The average Bonchev–Trinajstić information content (AvgIpc) is 2.66. The van der Waals surface area contributed by atoms with Gasteiger partial charge in [0, 0.05) is 51.9 Å². The highest BCUT2D eigenvalue weighted by molar-refractivity contribution is 14.0. The normalized spacial score (nSPS) is 16.0. The molecule has 28 heavy (non-hydrogen) atoms. The lowest BCUT2D eigenvalue weighted by Gasteiger charge is -2.35. The van der Waals surface area contributed by atoms with Crippen LogP contribution in [0.15, 0.2) is 29.3 Å². The molecule has 1 aromatic rings. The van der Waals surface area contributed by atoms with Crippen molar-refractivity contribution in [3.8, 4) is 0 Å². The Labute approximate surface area is 187 Å². The van der Waals surface area contributed by atoms with Crippen molar-refractivity contribution < 1.29 is 4.39 Å². The molecular formula is C21H37FIN5. The van der Waals surface area contributed by atoms with E-state index in [1.165, 1.54) is 6.07 Å². The van der Waals surface area contributed by atoms with E-state index in [9.17, 15) is 4.39 Å². The number of hydrogen-bond donors (Lipinski definition) is 2. The molecular weight excluding hydrogens is 468 g/mol. The van der Waals surface area contributed by atoms with Crippen molar-refractivity contribution in [2.24, 2.45) is 4.99 Å². The zero-order chi connectivity index (χ0) is 19.6. The Balaban J connectivity index is 0.00000392. The molecule has 0 atom stereocenters. The Morgan fingerprint density at radius 3 is 2.57 bits per heavy atom. The number of para-hydroxylation sites is 1. The van der Waals surface area contributed by atoms with Gasteiger partial charge in [0.25, 0.3) is 0 Å². The number of guanidine groups is 1. The zero-order valence-electron chi connectivity index (χ0n) is 17.7. The molecule has 0 bridgehead atoms. The van der Waals surface area contributed by atoms with Gasteiger partial charge >= 0.3 is 0 Å². The first-order chi connectivity index (χ1) is 13.0. The van der Waals surface area contributed by atoms with Gasteiger partial charge < -0.3 is 20.4 Å². The summed E-state index contributed by atoms with van der Waals surface area (Å²) in [4.78, 5) is 9.19. The van der Waals surface area contributed by atoms with Crippen LogP contribution in [-0.4, -0.2) is 62.7 Å². The highest BCUT2D eigenvalue weighted by Gasteiger charge is 2.21. The van der Waals surface area contributed by atoms with Crippen LogP contribution in [0.4, 0.5) is 10.1 Å². The number of rotatable bonds is 8. The number of likely N-dealkylation sites (tertiary alicyclic amines) is 1. The second-order valence-corrected chi connectivity index (χ2v) is 7.54. The van der Waals surface area contributed by atoms with Gasteiger partial charge in [-0.2, -0.15) is 0 Å². The van der Waals surface area contributed by atoms with Crippen molar-refractivity contribution in [1.82, 2.24) is 15.5 Å². The predicted octanol–water partition coefficient (Wildman–Crippen LogP) is 3.70. The molecule has 5 nitrogen and oxygen atoms in total. The Kier molecular flexibility index (Phi) is 11.8. The van der Waals surface area contributed by atoms with E-state index >= 15 is 0 Å². The average molecular weight is 505 g/mol. The van der Waals surface area contributed by atoms with E-state index in [4.69, 9.17) is 4.99 Å². The molecule has 0 unspecified atom stereocenters. The Morgan fingerprint density at radius 1 is 1.29 bits per heavy atom. The summed E-state index contributed by atoms with van der Waals surface area (Å²) in [5.74, 6) is 0.722. The molecule has 1 aliphatic rings. The highest BCUT2D eigenvalue weighted by Crippen LogP contribution is 2.17. The molecule has 0 saturated carbocycles. The Bertz CT molecular complexity index is 588. The summed E-state index contributed by atoms with van der Waals surface area (Å²) >= 11 is 0. The van der Waals surface area contributed by atoms with Crippen molar-refractivity contribution in [2.45, 2.75) is 52.1 Å². The van der Waals surface area contributed by atoms with Gasteiger partial charge in [0.05, 0.1) is 5.69 Å². The van der Waals surface area contributed by atoms with Crippen molar-refractivity contribution in [3.63, 3.8) is 0 Å². The summed E-state index contributed by atoms with van der Waals surface area (Å²) < 4.78 is 13.8. The van der Waals surface area contributed by atoms with E-state index in [2.05, 4.69) is 36.3 Å². The van der Waals surface area contributed by atoms with E-state index in [1.54, 1.807) is 6.07 Å². The van der Waals surface area contributed by atoms with Crippen molar-refractivity contribution in [2.75, 3.05) is 44.7 Å². The SMILES string of the molecule is CCNC(=NCCCN(C)c1ccccc1F)NC1CCN(C(C)C)CC1.I. The molecule has 1 aromatic carbocycles. The molecule has 1 heterocycles. The number of halogens is 2. The molecule has 0 spiro atoms. The van der Waals surface area contributed by atoms with Gasteiger partial charge in [0.1, 0.15) is 5.82 Å². The fourth-order valence-corrected chi connectivity index (χ4v) is 3.45. The first-order valence-corrected chi connectivity index (χ1v) is 10.3. The number of aliphatic imine (C=N–C) groups is 1. The van der Waals surface area contributed by atoms with E-state index in [0.29, 0.717) is 17.8 Å². The van der Waals surface area contributed by atoms with E-state index in [0.717, 1.165) is 57.9 Å². The van der Waals surface area contributed by atoms with Crippen LogP contribution in [0, 0.1) is 5.82 Å². The first-order valence-electron chi connectivity index (χ1n) is 10.3. The topological polar surface area (TPSA) is 42.9 Å². The van der Waals surface area contributed by atoms with Crippen LogP contribution < -0.4 is 15.5 Å². The molecule has 7 heteroatoms. The van der Waals surface area contributed by atoms with E-state index in [-0.39, 0.29) is 29.8 Å². The number of nitrogens with zero attached hydrogens (tertiary/aromatic N) is 3. The fraction of sp³-hybridized carbons (Fsp3) is 0.667. The molecule has 1 fully saturated rings. The minimum atomic E-state index is -0.175. The molecule has 0 radical (unpaired) electrons. The summed E-state index contributed by atoms with van der Waals surface area (Å²) in [6, 6.07) is 8.01. The second-order valence-electron chi connectivity index (χ2n) is 7.54. The maximum atomic E-state index is 13.8. The molecule has 0 aliphatic carbocycles. The van der Waals surface area contributed by atoms with Gasteiger partial charge in [-0.3, -0.25) is 4.99 Å². The van der Waals surface area contributed by atoms with E-state index in [1.807, 2.05) is 24.1 Å². The number of anilines is 1. The van der Waals surface area contributed by atoms with Gasteiger partial charge in [-0.1, -0.05) is 12.1 Å². The maximum absolute atomic E-state index is 13.8. The van der Waals surface area contributed by atoms with Gasteiger partial charge in [0.2, 0.25) is 0 Å². The van der Waals surface area contributed by atoms with Crippen LogP contribution in [0.2, 0.25) is 0 Å². The van der Waals surface area contributed by atoms with Crippen LogP contribution in [0.3, 0.4) is 0 Å². The van der Waals surface area contributed by atoms with Crippen LogP contribution in [0.1, 0.15) is 40.0 Å². The Morgan fingerprint density at radius 2 is 1.96 bits per heavy atom. The monoisotopic (exact) mass is 505 g/mol.